The Bertz CT molecular complexity index is 280. The van der Waals surface area contributed by atoms with E-state index in [4.69, 9.17) is 15.2 Å². The van der Waals surface area contributed by atoms with Crippen LogP contribution in [0.1, 0.15) is 17.9 Å². The van der Waals surface area contributed by atoms with Crippen LogP contribution in [0.2, 0.25) is 0 Å². The van der Waals surface area contributed by atoms with Crippen molar-refractivity contribution in [2.45, 2.75) is 13.0 Å². The third kappa shape index (κ3) is 4.61. The van der Waals surface area contributed by atoms with Crippen LogP contribution in [0.3, 0.4) is 0 Å². The van der Waals surface area contributed by atoms with Gasteiger partial charge in [-0.1, -0.05) is 0 Å². The molecule has 0 aliphatic carbocycles. The van der Waals surface area contributed by atoms with Gasteiger partial charge in [0.1, 0.15) is 6.10 Å². The lowest BCUT2D eigenvalue weighted by molar-refractivity contribution is 0.0119. The lowest BCUT2D eigenvalue weighted by Crippen LogP contribution is -2.17. The van der Waals surface area contributed by atoms with Crippen LogP contribution in [0.4, 0.5) is 0 Å². The highest BCUT2D eigenvalue weighted by atomic mass is 79.9. The molecule has 1 aromatic rings. The first-order valence-corrected chi connectivity index (χ1v) is 6.58. The Kier molecular flexibility index (Phi) is 6.43. The Balaban J connectivity index is 2.35. The predicted molar refractivity (Wildman–Crippen MR) is 66.3 cm³/mol. The Morgan fingerprint density at radius 2 is 2.33 bits per heavy atom. The van der Waals surface area contributed by atoms with Gasteiger partial charge in [0.05, 0.1) is 13.2 Å². The van der Waals surface area contributed by atoms with Gasteiger partial charge in [-0.3, -0.25) is 0 Å². The molecule has 1 aromatic heterocycles. The van der Waals surface area contributed by atoms with Crippen molar-refractivity contribution in [3.63, 3.8) is 0 Å². The van der Waals surface area contributed by atoms with E-state index in [1.807, 2.05) is 18.4 Å². The molecule has 0 spiro atoms. The monoisotopic (exact) mass is 293 g/mol. The van der Waals surface area contributed by atoms with Gasteiger partial charge < -0.3 is 15.2 Å². The van der Waals surface area contributed by atoms with Crippen molar-refractivity contribution in [2.75, 3.05) is 26.4 Å². The minimum atomic E-state index is -0.0123. The highest BCUT2D eigenvalue weighted by molar-refractivity contribution is 9.10. The average Bonchev–Trinajstić information content (AvgIpc) is 2.65. The second kappa shape index (κ2) is 7.35. The van der Waals surface area contributed by atoms with Crippen LogP contribution < -0.4 is 5.73 Å². The van der Waals surface area contributed by atoms with Gasteiger partial charge in [0.15, 0.2) is 0 Å². The van der Waals surface area contributed by atoms with Gasteiger partial charge in [-0.15, -0.1) is 11.3 Å². The predicted octanol–water partition coefficient (Wildman–Crippen LogP) is 2.56. The summed E-state index contributed by atoms with van der Waals surface area (Å²) in [6, 6.07) is 2.04. The third-order valence-electron chi connectivity index (χ3n) is 1.87. The average molecular weight is 294 g/mol. The summed E-state index contributed by atoms with van der Waals surface area (Å²) in [6.45, 7) is 4.40. The SMILES string of the molecule is CCOCCOC(CN)c1cc(Br)cs1. The lowest BCUT2D eigenvalue weighted by atomic mass is 10.3. The zero-order valence-corrected chi connectivity index (χ0v) is 11.1. The van der Waals surface area contributed by atoms with E-state index < -0.39 is 0 Å². The number of thiophene rings is 1. The molecule has 0 radical (unpaired) electrons. The van der Waals surface area contributed by atoms with E-state index in [0.29, 0.717) is 19.8 Å². The molecular weight excluding hydrogens is 278 g/mol. The van der Waals surface area contributed by atoms with E-state index in [2.05, 4.69) is 15.9 Å². The lowest BCUT2D eigenvalue weighted by Gasteiger charge is -2.14. The molecule has 1 atom stereocenters. The third-order valence-corrected chi connectivity index (χ3v) is 3.66. The van der Waals surface area contributed by atoms with E-state index in [9.17, 15) is 0 Å². The van der Waals surface area contributed by atoms with Crippen LogP contribution in [0.15, 0.2) is 15.9 Å². The van der Waals surface area contributed by atoms with Crippen molar-refractivity contribution < 1.29 is 9.47 Å². The number of hydrogen-bond acceptors (Lipinski definition) is 4. The van der Waals surface area contributed by atoms with E-state index in [1.165, 1.54) is 0 Å². The Hall–Kier alpha value is 0.0600. The van der Waals surface area contributed by atoms with Crippen molar-refractivity contribution in [3.8, 4) is 0 Å². The largest absolute Gasteiger partial charge is 0.379 e. The van der Waals surface area contributed by atoms with Crippen molar-refractivity contribution in [1.29, 1.82) is 0 Å². The molecule has 0 aliphatic rings. The van der Waals surface area contributed by atoms with Crippen LogP contribution >= 0.6 is 27.3 Å². The molecule has 2 N–H and O–H groups in total. The maximum atomic E-state index is 5.65. The molecule has 0 saturated heterocycles. The quantitative estimate of drug-likeness (QED) is 0.786. The van der Waals surface area contributed by atoms with Crippen molar-refractivity contribution in [1.82, 2.24) is 0 Å². The zero-order valence-electron chi connectivity index (χ0n) is 8.74. The molecule has 1 unspecified atom stereocenters. The molecule has 86 valence electrons. The Labute approximate surface area is 103 Å². The molecule has 5 heteroatoms. The summed E-state index contributed by atoms with van der Waals surface area (Å²) >= 11 is 5.07. The van der Waals surface area contributed by atoms with Crippen molar-refractivity contribution >= 4 is 27.3 Å². The topological polar surface area (TPSA) is 44.5 Å². The van der Waals surface area contributed by atoms with E-state index in [-0.39, 0.29) is 6.10 Å². The minimum Gasteiger partial charge on any atom is -0.379 e. The fourth-order valence-corrected chi connectivity index (χ4v) is 2.66. The summed E-state index contributed by atoms with van der Waals surface area (Å²) in [5.74, 6) is 0. The van der Waals surface area contributed by atoms with E-state index in [0.717, 1.165) is 16.0 Å². The van der Waals surface area contributed by atoms with Gasteiger partial charge >= 0.3 is 0 Å². The number of ether oxygens (including phenoxy) is 2. The number of rotatable bonds is 7. The summed E-state index contributed by atoms with van der Waals surface area (Å²) in [6.07, 6.45) is -0.0123. The van der Waals surface area contributed by atoms with Crippen molar-refractivity contribution in [3.05, 3.63) is 20.8 Å². The molecule has 0 amide bonds. The first-order chi connectivity index (χ1) is 7.27. The summed E-state index contributed by atoms with van der Waals surface area (Å²) in [5, 5.41) is 2.03. The van der Waals surface area contributed by atoms with Crippen LogP contribution in [-0.2, 0) is 9.47 Å². The second-order valence-electron chi connectivity index (χ2n) is 2.96. The maximum absolute atomic E-state index is 5.65. The molecule has 1 rings (SSSR count). The van der Waals surface area contributed by atoms with E-state index >= 15 is 0 Å². The summed E-state index contributed by atoms with van der Waals surface area (Å²) in [5.41, 5.74) is 5.65. The summed E-state index contributed by atoms with van der Waals surface area (Å²) in [4.78, 5) is 1.15. The first-order valence-electron chi connectivity index (χ1n) is 4.91. The molecule has 0 fully saturated rings. The van der Waals surface area contributed by atoms with Crippen LogP contribution in [-0.4, -0.2) is 26.4 Å². The molecule has 15 heavy (non-hydrogen) atoms. The van der Waals surface area contributed by atoms with E-state index in [1.54, 1.807) is 11.3 Å². The summed E-state index contributed by atoms with van der Waals surface area (Å²) in [7, 11) is 0. The maximum Gasteiger partial charge on any atom is 0.104 e. The number of halogens is 1. The van der Waals surface area contributed by atoms with Gasteiger partial charge in [-0.05, 0) is 28.9 Å². The van der Waals surface area contributed by atoms with Crippen LogP contribution in [0.25, 0.3) is 0 Å². The molecular formula is C10H16BrNO2S. The Morgan fingerprint density at radius 1 is 1.53 bits per heavy atom. The van der Waals surface area contributed by atoms with Gasteiger partial charge in [-0.2, -0.15) is 0 Å². The first kappa shape index (κ1) is 13.1. The molecule has 0 bridgehead atoms. The minimum absolute atomic E-state index is 0.0123. The number of nitrogens with two attached hydrogens (primary N) is 1. The highest BCUT2D eigenvalue weighted by Crippen LogP contribution is 2.27. The molecule has 0 aliphatic heterocycles. The molecule has 1 heterocycles. The van der Waals surface area contributed by atoms with Crippen LogP contribution in [0, 0.1) is 0 Å². The smallest absolute Gasteiger partial charge is 0.104 e. The highest BCUT2D eigenvalue weighted by Gasteiger charge is 2.11. The van der Waals surface area contributed by atoms with Crippen LogP contribution in [0.5, 0.6) is 0 Å². The molecule has 0 aromatic carbocycles. The second-order valence-corrected chi connectivity index (χ2v) is 4.82. The Morgan fingerprint density at radius 3 is 2.87 bits per heavy atom. The standard InChI is InChI=1S/C10H16BrNO2S/c1-2-13-3-4-14-9(6-12)10-5-8(11)7-15-10/h5,7,9H,2-4,6,12H2,1H3. The fourth-order valence-electron chi connectivity index (χ4n) is 1.16. The zero-order chi connectivity index (χ0) is 11.1. The van der Waals surface area contributed by atoms with Gasteiger partial charge in [-0.25, -0.2) is 0 Å². The van der Waals surface area contributed by atoms with Gasteiger partial charge in [0.25, 0.3) is 0 Å². The van der Waals surface area contributed by atoms with Gasteiger partial charge in [0.2, 0.25) is 0 Å². The molecule has 0 saturated carbocycles. The molecule has 3 nitrogen and oxygen atoms in total. The van der Waals surface area contributed by atoms with Crippen molar-refractivity contribution in [2.24, 2.45) is 5.73 Å². The normalized spacial score (nSPS) is 13.0. The summed E-state index contributed by atoms with van der Waals surface area (Å²) < 4.78 is 11.9. The fraction of sp³-hybridized carbons (Fsp3) is 0.600. The van der Waals surface area contributed by atoms with Gasteiger partial charge in [0, 0.05) is 27.9 Å². The number of hydrogen-bond donors (Lipinski definition) is 1.